The second kappa shape index (κ2) is 9.91. The molecule has 0 saturated heterocycles. The van der Waals surface area contributed by atoms with Crippen molar-refractivity contribution in [1.29, 1.82) is 0 Å². The molecule has 0 radical (unpaired) electrons. The minimum absolute atomic E-state index is 0.794. The van der Waals surface area contributed by atoms with Crippen molar-refractivity contribution in [3.8, 4) is 0 Å². The third kappa shape index (κ3) is 7.03. The molecule has 0 amide bonds. The number of nitrogens with one attached hydrogen (secondary N) is 1. The summed E-state index contributed by atoms with van der Waals surface area (Å²) in [4.78, 5) is 4.63. The predicted octanol–water partition coefficient (Wildman–Crippen LogP) is 1.95. The Bertz CT molecular complexity index is 351. The van der Waals surface area contributed by atoms with E-state index in [1.54, 1.807) is 0 Å². The Morgan fingerprint density at radius 3 is 2.60 bits per heavy atom. The van der Waals surface area contributed by atoms with E-state index in [4.69, 9.17) is 4.52 Å². The summed E-state index contributed by atoms with van der Waals surface area (Å²) in [5.74, 6) is 0.963. The van der Waals surface area contributed by atoms with Crippen LogP contribution in [0, 0.1) is 0 Å². The Morgan fingerprint density at radius 1 is 1.15 bits per heavy atom. The van der Waals surface area contributed by atoms with Crippen molar-refractivity contribution in [3.05, 3.63) is 17.5 Å². The molecule has 0 saturated carbocycles. The number of hydrogen-bond acceptors (Lipinski definition) is 5. The van der Waals surface area contributed by atoms with Crippen LogP contribution in [0.3, 0.4) is 0 Å². The SMILES string of the molecule is CCCNCc1cc(CN(CCC)CCN(C)C)on1. The number of nitrogens with zero attached hydrogens (tertiary/aromatic N) is 3. The smallest absolute Gasteiger partial charge is 0.151 e. The highest BCUT2D eigenvalue weighted by atomic mass is 16.5. The molecule has 0 fully saturated rings. The fourth-order valence-electron chi connectivity index (χ4n) is 2.05. The summed E-state index contributed by atoms with van der Waals surface area (Å²) in [7, 11) is 4.21. The van der Waals surface area contributed by atoms with Crippen LogP contribution in [0.4, 0.5) is 0 Å². The summed E-state index contributed by atoms with van der Waals surface area (Å²) < 4.78 is 5.43. The van der Waals surface area contributed by atoms with E-state index in [-0.39, 0.29) is 0 Å². The molecular formula is C15H30N4O. The van der Waals surface area contributed by atoms with Crippen LogP contribution >= 0.6 is 0 Å². The molecule has 0 aliphatic carbocycles. The van der Waals surface area contributed by atoms with Gasteiger partial charge in [-0.25, -0.2) is 0 Å². The van der Waals surface area contributed by atoms with Crippen LogP contribution in [0.2, 0.25) is 0 Å². The molecule has 1 N–H and O–H groups in total. The average molecular weight is 282 g/mol. The molecule has 1 aromatic rings. The summed E-state index contributed by atoms with van der Waals surface area (Å²) in [6, 6.07) is 2.07. The van der Waals surface area contributed by atoms with Crippen molar-refractivity contribution in [2.24, 2.45) is 0 Å². The Morgan fingerprint density at radius 2 is 1.95 bits per heavy atom. The van der Waals surface area contributed by atoms with E-state index in [1.807, 2.05) is 0 Å². The molecule has 0 atom stereocenters. The maximum absolute atomic E-state index is 5.43. The molecule has 5 heteroatoms. The first kappa shape index (κ1) is 17.1. The van der Waals surface area contributed by atoms with Crippen LogP contribution in [0.1, 0.15) is 38.1 Å². The lowest BCUT2D eigenvalue weighted by molar-refractivity contribution is 0.209. The highest BCUT2D eigenvalue weighted by molar-refractivity contribution is 5.05. The summed E-state index contributed by atoms with van der Waals surface area (Å²) in [6.07, 6.45) is 2.30. The van der Waals surface area contributed by atoms with Gasteiger partial charge in [-0.1, -0.05) is 19.0 Å². The van der Waals surface area contributed by atoms with Crippen LogP contribution in [-0.2, 0) is 13.1 Å². The molecule has 1 aromatic heterocycles. The van der Waals surface area contributed by atoms with Gasteiger partial charge >= 0.3 is 0 Å². The zero-order chi connectivity index (χ0) is 14.8. The zero-order valence-corrected chi connectivity index (χ0v) is 13.5. The van der Waals surface area contributed by atoms with Gasteiger partial charge in [-0.15, -0.1) is 0 Å². The Balaban J connectivity index is 2.42. The lowest BCUT2D eigenvalue weighted by Crippen LogP contribution is -2.31. The first-order chi connectivity index (χ1) is 9.65. The Hall–Kier alpha value is -0.910. The predicted molar refractivity (Wildman–Crippen MR) is 82.6 cm³/mol. The fraction of sp³-hybridized carbons (Fsp3) is 0.800. The first-order valence-electron chi connectivity index (χ1n) is 7.68. The van der Waals surface area contributed by atoms with Gasteiger partial charge in [0.1, 0.15) is 0 Å². The summed E-state index contributed by atoms with van der Waals surface area (Å²) in [5.41, 5.74) is 0.998. The average Bonchev–Trinajstić information content (AvgIpc) is 2.84. The van der Waals surface area contributed by atoms with Gasteiger partial charge in [0, 0.05) is 25.7 Å². The Labute approximate surface area is 123 Å². The van der Waals surface area contributed by atoms with Crippen LogP contribution in [0.15, 0.2) is 10.6 Å². The van der Waals surface area contributed by atoms with Crippen molar-refractivity contribution in [2.45, 2.75) is 39.8 Å². The summed E-state index contributed by atoms with van der Waals surface area (Å²) >= 11 is 0. The van der Waals surface area contributed by atoms with Crippen LogP contribution in [0.5, 0.6) is 0 Å². The largest absolute Gasteiger partial charge is 0.360 e. The van der Waals surface area contributed by atoms with Gasteiger partial charge in [0.05, 0.1) is 12.2 Å². The third-order valence-electron chi connectivity index (χ3n) is 3.12. The van der Waals surface area contributed by atoms with Gasteiger partial charge in [0.2, 0.25) is 0 Å². The van der Waals surface area contributed by atoms with Gasteiger partial charge in [-0.05, 0) is 40.0 Å². The van der Waals surface area contributed by atoms with Crippen molar-refractivity contribution in [1.82, 2.24) is 20.3 Å². The molecule has 0 aliphatic heterocycles. The Kier molecular flexibility index (Phi) is 8.49. The number of aromatic nitrogens is 1. The quantitative estimate of drug-likeness (QED) is 0.629. The number of rotatable bonds is 11. The molecule has 1 rings (SSSR count). The standard InChI is InChI=1S/C15H30N4O/c1-5-7-16-12-14-11-15(20-17-14)13-19(8-6-2)10-9-18(3)4/h11,16H,5-10,12-13H2,1-4H3. The van der Waals surface area contributed by atoms with Crippen LogP contribution < -0.4 is 5.32 Å². The second-order valence-electron chi connectivity index (χ2n) is 5.54. The maximum Gasteiger partial charge on any atom is 0.151 e. The van der Waals surface area contributed by atoms with E-state index in [0.29, 0.717) is 0 Å². The molecule has 0 bridgehead atoms. The van der Waals surface area contributed by atoms with Gasteiger partial charge in [-0.2, -0.15) is 0 Å². The van der Waals surface area contributed by atoms with E-state index < -0.39 is 0 Å². The molecule has 0 aliphatic rings. The highest BCUT2D eigenvalue weighted by Crippen LogP contribution is 2.08. The zero-order valence-electron chi connectivity index (χ0n) is 13.5. The topological polar surface area (TPSA) is 44.5 Å². The highest BCUT2D eigenvalue weighted by Gasteiger charge is 2.10. The van der Waals surface area contributed by atoms with E-state index in [9.17, 15) is 0 Å². The maximum atomic E-state index is 5.43. The van der Waals surface area contributed by atoms with E-state index in [2.05, 4.69) is 54.3 Å². The second-order valence-corrected chi connectivity index (χ2v) is 5.54. The molecule has 0 unspecified atom stereocenters. The van der Waals surface area contributed by atoms with Crippen molar-refractivity contribution >= 4 is 0 Å². The van der Waals surface area contributed by atoms with E-state index in [0.717, 1.165) is 63.6 Å². The molecule has 20 heavy (non-hydrogen) atoms. The van der Waals surface area contributed by atoms with E-state index in [1.165, 1.54) is 0 Å². The minimum atomic E-state index is 0.794. The molecule has 116 valence electrons. The van der Waals surface area contributed by atoms with Gasteiger partial charge < -0.3 is 14.7 Å². The van der Waals surface area contributed by atoms with Crippen LogP contribution in [0.25, 0.3) is 0 Å². The molecular weight excluding hydrogens is 252 g/mol. The normalized spacial score (nSPS) is 11.7. The van der Waals surface area contributed by atoms with Crippen LogP contribution in [-0.4, -0.2) is 55.2 Å². The molecule has 5 nitrogen and oxygen atoms in total. The lowest BCUT2D eigenvalue weighted by Gasteiger charge is -2.22. The van der Waals surface area contributed by atoms with Crippen molar-refractivity contribution in [3.63, 3.8) is 0 Å². The first-order valence-corrected chi connectivity index (χ1v) is 7.68. The lowest BCUT2D eigenvalue weighted by atomic mass is 10.3. The summed E-state index contributed by atoms with van der Waals surface area (Å²) in [5, 5.41) is 7.46. The third-order valence-corrected chi connectivity index (χ3v) is 3.12. The van der Waals surface area contributed by atoms with Crippen molar-refractivity contribution in [2.75, 3.05) is 40.3 Å². The fourth-order valence-corrected chi connectivity index (χ4v) is 2.05. The molecule has 1 heterocycles. The summed E-state index contributed by atoms with van der Waals surface area (Å²) in [6.45, 7) is 10.3. The molecule has 0 aromatic carbocycles. The van der Waals surface area contributed by atoms with Gasteiger partial charge in [0.15, 0.2) is 5.76 Å². The van der Waals surface area contributed by atoms with Gasteiger partial charge in [-0.3, -0.25) is 4.90 Å². The monoisotopic (exact) mass is 282 g/mol. The van der Waals surface area contributed by atoms with E-state index >= 15 is 0 Å². The number of likely N-dealkylation sites (N-methyl/N-ethyl adjacent to an activating group) is 1. The minimum Gasteiger partial charge on any atom is -0.360 e. The number of hydrogen-bond donors (Lipinski definition) is 1. The van der Waals surface area contributed by atoms with Crippen molar-refractivity contribution < 1.29 is 4.52 Å². The molecule has 0 spiro atoms. The van der Waals surface area contributed by atoms with Gasteiger partial charge in [0.25, 0.3) is 0 Å².